The molecule has 5 heteroatoms. The summed E-state index contributed by atoms with van der Waals surface area (Å²) in [7, 11) is 0. The van der Waals surface area contributed by atoms with E-state index in [2.05, 4.69) is 29.0 Å². The maximum absolute atomic E-state index is 5.52. The first kappa shape index (κ1) is 15.5. The first-order valence-corrected chi connectivity index (χ1v) is 7.50. The normalized spacial score (nSPS) is 10.6. The molecule has 0 fully saturated rings. The third kappa shape index (κ3) is 5.19. The van der Waals surface area contributed by atoms with Gasteiger partial charge in [0.15, 0.2) is 5.11 Å². The van der Waals surface area contributed by atoms with Crippen LogP contribution >= 0.6 is 12.2 Å². The number of nitrogens with zero attached hydrogens (tertiary/aromatic N) is 2. The molecule has 0 radical (unpaired) electrons. The van der Waals surface area contributed by atoms with E-state index >= 15 is 0 Å². The van der Waals surface area contributed by atoms with Crippen molar-refractivity contribution in [3.63, 3.8) is 0 Å². The van der Waals surface area contributed by atoms with Gasteiger partial charge in [-0.25, -0.2) is 0 Å². The largest absolute Gasteiger partial charge is 0.467 e. The SMILES string of the molecule is CC(C)CNC(=S)N(Cc1cccnc1)Cc1ccco1. The first-order chi connectivity index (χ1) is 10.1. The summed E-state index contributed by atoms with van der Waals surface area (Å²) in [5.74, 6) is 1.44. The highest BCUT2D eigenvalue weighted by molar-refractivity contribution is 7.80. The van der Waals surface area contributed by atoms with Gasteiger partial charge in [0.2, 0.25) is 0 Å². The topological polar surface area (TPSA) is 41.3 Å². The number of hydrogen-bond acceptors (Lipinski definition) is 3. The van der Waals surface area contributed by atoms with Gasteiger partial charge in [-0.3, -0.25) is 4.98 Å². The van der Waals surface area contributed by atoms with Crippen molar-refractivity contribution in [1.82, 2.24) is 15.2 Å². The number of hydrogen-bond donors (Lipinski definition) is 1. The molecule has 112 valence electrons. The van der Waals surface area contributed by atoms with E-state index in [1.54, 1.807) is 12.5 Å². The van der Waals surface area contributed by atoms with Gasteiger partial charge in [0, 0.05) is 25.5 Å². The number of nitrogens with one attached hydrogen (secondary N) is 1. The van der Waals surface area contributed by atoms with E-state index in [1.807, 2.05) is 30.5 Å². The molecule has 2 aromatic rings. The van der Waals surface area contributed by atoms with Gasteiger partial charge in [0.1, 0.15) is 5.76 Å². The molecule has 0 saturated heterocycles. The summed E-state index contributed by atoms with van der Waals surface area (Å²) < 4.78 is 5.43. The van der Waals surface area contributed by atoms with Gasteiger partial charge in [-0.15, -0.1) is 0 Å². The molecule has 2 rings (SSSR count). The molecule has 0 aliphatic rings. The lowest BCUT2D eigenvalue weighted by Gasteiger charge is -2.25. The van der Waals surface area contributed by atoms with Gasteiger partial charge in [0.25, 0.3) is 0 Å². The number of furan rings is 1. The average Bonchev–Trinajstić information content (AvgIpc) is 2.98. The van der Waals surface area contributed by atoms with Gasteiger partial charge in [-0.2, -0.15) is 0 Å². The Balaban J connectivity index is 2.04. The summed E-state index contributed by atoms with van der Waals surface area (Å²) in [6.45, 7) is 6.53. The highest BCUT2D eigenvalue weighted by atomic mass is 32.1. The zero-order valence-corrected chi connectivity index (χ0v) is 13.3. The second-order valence-corrected chi connectivity index (χ2v) is 5.76. The van der Waals surface area contributed by atoms with E-state index in [4.69, 9.17) is 16.6 Å². The minimum atomic E-state index is 0.548. The molecule has 0 aliphatic carbocycles. The highest BCUT2D eigenvalue weighted by Gasteiger charge is 2.13. The van der Waals surface area contributed by atoms with Crippen LogP contribution in [0.25, 0.3) is 0 Å². The van der Waals surface area contributed by atoms with Crippen LogP contribution in [-0.4, -0.2) is 21.5 Å². The van der Waals surface area contributed by atoms with Crippen molar-refractivity contribution in [2.45, 2.75) is 26.9 Å². The van der Waals surface area contributed by atoms with Gasteiger partial charge in [-0.05, 0) is 41.9 Å². The van der Waals surface area contributed by atoms with Gasteiger partial charge < -0.3 is 14.6 Å². The molecule has 0 saturated carbocycles. The predicted octanol–water partition coefficient (Wildman–Crippen LogP) is 3.21. The maximum Gasteiger partial charge on any atom is 0.169 e. The molecule has 0 aromatic carbocycles. The van der Waals surface area contributed by atoms with Crippen molar-refractivity contribution < 1.29 is 4.42 Å². The first-order valence-electron chi connectivity index (χ1n) is 7.09. The number of thiocarbonyl (C=S) groups is 1. The summed E-state index contributed by atoms with van der Waals surface area (Å²) in [6, 6.07) is 7.83. The molecule has 0 bridgehead atoms. The molecule has 0 atom stereocenters. The number of pyridine rings is 1. The predicted molar refractivity (Wildman–Crippen MR) is 87.6 cm³/mol. The van der Waals surface area contributed by atoms with E-state index in [9.17, 15) is 0 Å². The summed E-state index contributed by atoms with van der Waals surface area (Å²) >= 11 is 5.52. The Morgan fingerprint density at radius 3 is 2.81 bits per heavy atom. The van der Waals surface area contributed by atoms with Crippen molar-refractivity contribution in [1.29, 1.82) is 0 Å². The van der Waals surface area contributed by atoms with Gasteiger partial charge >= 0.3 is 0 Å². The molecule has 0 aliphatic heterocycles. The zero-order valence-electron chi connectivity index (χ0n) is 12.5. The Morgan fingerprint density at radius 2 is 2.19 bits per heavy atom. The van der Waals surface area contributed by atoms with E-state index in [0.29, 0.717) is 19.0 Å². The molecular weight excluding hydrogens is 282 g/mol. The Hall–Kier alpha value is -1.88. The molecule has 0 unspecified atom stereocenters. The molecule has 4 nitrogen and oxygen atoms in total. The van der Waals surface area contributed by atoms with Crippen molar-refractivity contribution in [2.24, 2.45) is 5.92 Å². The molecule has 21 heavy (non-hydrogen) atoms. The summed E-state index contributed by atoms with van der Waals surface area (Å²) in [6.07, 6.45) is 5.32. The van der Waals surface area contributed by atoms with Crippen molar-refractivity contribution in [2.75, 3.05) is 6.54 Å². The van der Waals surface area contributed by atoms with Crippen LogP contribution in [0.2, 0.25) is 0 Å². The van der Waals surface area contributed by atoms with Crippen LogP contribution in [-0.2, 0) is 13.1 Å². The van der Waals surface area contributed by atoms with Gasteiger partial charge in [0.05, 0.1) is 12.8 Å². The number of rotatable bonds is 6. The van der Waals surface area contributed by atoms with E-state index in [-0.39, 0.29) is 0 Å². The Labute approximate surface area is 131 Å². The van der Waals surface area contributed by atoms with Crippen LogP contribution in [0.3, 0.4) is 0 Å². The lowest BCUT2D eigenvalue weighted by Crippen LogP contribution is -2.40. The van der Waals surface area contributed by atoms with Crippen molar-refractivity contribution >= 4 is 17.3 Å². The van der Waals surface area contributed by atoms with E-state index in [1.165, 1.54) is 0 Å². The minimum absolute atomic E-state index is 0.548. The Kier molecular flexibility index (Phi) is 5.75. The fourth-order valence-corrected chi connectivity index (χ4v) is 2.12. The lowest BCUT2D eigenvalue weighted by molar-refractivity contribution is 0.349. The van der Waals surface area contributed by atoms with Gasteiger partial charge in [-0.1, -0.05) is 19.9 Å². The van der Waals surface area contributed by atoms with Crippen molar-refractivity contribution in [3.8, 4) is 0 Å². The second-order valence-electron chi connectivity index (χ2n) is 5.38. The second kappa shape index (κ2) is 7.78. The summed E-state index contributed by atoms with van der Waals surface area (Å²) in [5.41, 5.74) is 1.12. The smallest absolute Gasteiger partial charge is 0.169 e. The Morgan fingerprint density at radius 1 is 1.33 bits per heavy atom. The fraction of sp³-hybridized carbons (Fsp3) is 0.375. The standard InChI is InChI=1S/C16H21N3OS/c1-13(2)9-18-16(21)19(12-15-6-4-8-20-15)11-14-5-3-7-17-10-14/h3-8,10,13H,9,11-12H2,1-2H3,(H,18,21). The lowest BCUT2D eigenvalue weighted by atomic mass is 10.2. The van der Waals surface area contributed by atoms with Crippen LogP contribution in [0.15, 0.2) is 47.3 Å². The van der Waals surface area contributed by atoms with Crippen LogP contribution in [0.4, 0.5) is 0 Å². The van der Waals surface area contributed by atoms with E-state index < -0.39 is 0 Å². The van der Waals surface area contributed by atoms with Crippen molar-refractivity contribution in [3.05, 3.63) is 54.2 Å². The quantitative estimate of drug-likeness (QED) is 0.830. The third-order valence-corrected chi connectivity index (χ3v) is 3.37. The maximum atomic E-state index is 5.52. The Bertz CT molecular complexity index is 540. The van der Waals surface area contributed by atoms with Crippen LogP contribution in [0.5, 0.6) is 0 Å². The summed E-state index contributed by atoms with van der Waals surface area (Å²) in [4.78, 5) is 6.25. The molecule has 0 amide bonds. The minimum Gasteiger partial charge on any atom is -0.467 e. The van der Waals surface area contributed by atoms with Crippen LogP contribution < -0.4 is 5.32 Å². The monoisotopic (exact) mass is 303 g/mol. The molecule has 0 spiro atoms. The molecule has 2 aromatic heterocycles. The summed E-state index contributed by atoms with van der Waals surface area (Å²) in [5, 5.41) is 4.05. The third-order valence-electron chi connectivity index (χ3n) is 2.97. The van der Waals surface area contributed by atoms with Crippen LogP contribution in [0, 0.1) is 5.92 Å². The zero-order chi connectivity index (χ0) is 15.1. The molecular formula is C16H21N3OS. The number of aromatic nitrogens is 1. The molecule has 1 N–H and O–H groups in total. The molecule has 2 heterocycles. The van der Waals surface area contributed by atoms with E-state index in [0.717, 1.165) is 23.0 Å². The average molecular weight is 303 g/mol. The highest BCUT2D eigenvalue weighted by Crippen LogP contribution is 2.10. The van der Waals surface area contributed by atoms with Crippen LogP contribution in [0.1, 0.15) is 25.2 Å². The fourth-order valence-electron chi connectivity index (χ4n) is 1.91.